The number of rotatable bonds is 0. The van der Waals surface area contributed by atoms with Gasteiger partial charge in [0.05, 0.1) is 0 Å². The van der Waals surface area contributed by atoms with Crippen molar-refractivity contribution >= 4 is 43.7 Å². The minimum atomic E-state index is 0.0743. The lowest BCUT2D eigenvalue weighted by molar-refractivity contribution is 0.426. The predicted octanol–water partition coefficient (Wildman–Crippen LogP) is 24.3. The topological polar surface area (TPSA) is 39.4 Å². The van der Waals surface area contributed by atoms with Gasteiger partial charge in [-0.3, -0.25) is 0 Å². The van der Waals surface area contributed by atoms with Crippen molar-refractivity contribution < 1.29 is 13.3 Å². The molecule has 0 fully saturated rings. The lowest BCUT2D eigenvalue weighted by Gasteiger charge is -2.28. The molecule has 1 aliphatic rings. The predicted molar refractivity (Wildman–Crippen MR) is 363 cm³/mol. The second-order valence-electron chi connectivity index (χ2n) is 30.4. The summed E-state index contributed by atoms with van der Waals surface area (Å²) in [5.41, 5.74) is 27.4. The molecule has 3 nitrogen and oxygen atoms in total. The average Bonchev–Trinajstić information content (AvgIpc) is 1.88. The van der Waals surface area contributed by atoms with Crippen molar-refractivity contribution in [2.45, 2.75) is 226 Å². The summed E-state index contributed by atoms with van der Waals surface area (Å²) in [4.78, 5) is 0. The molecule has 0 saturated carbocycles. The molecule has 0 radical (unpaired) electrons. The Bertz CT molecular complexity index is 3990. The first-order chi connectivity index (χ1) is 38.1. The molecule has 0 atom stereocenters. The highest BCUT2D eigenvalue weighted by Crippen LogP contribution is 2.52. The molecule has 0 bridgehead atoms. The molecule has 83 heavy (non-hydrogen) atoms. The zero-order valence-corrected chi connectivity index (χ0v) is 56.6. The molecule has 10 aromatic rings. The van der Waals surface area contributed by atoms with Gasteiger partial charge in [0.25, 0.3) is 0 Å². The van der Waals surface area contributed by atoms with Crippen molar-refractivity contribution in [3.05, 3.63) is 199 Å². The highest BCUT2D eigenvalue weighted by molar-refractivity contribution is 6.16. The summed E-state index contributed by atoms with van der Waals surface area (Å²) in [5, 5.41) is 6.52. The normalized spacial score (nSPS) is 12.6. The monoisotopic (exact) mass is 1110 g/mol. The van der Waals surface area contributed by atoms with E-state index in [2.05, 4.69) is 291 Å². The third-order valence-electron chi connectivity index (χ3n) is 16.9. The van der Waals surface area contributed by atoms with E-state index in [0.29, 0.717) is 0 Å². The van der Waals surface area contributed by atoms with Crippen LogP contribution in [0.1, 0.15) is 214 Å². The fourth-order valence-electron chi connectivity index (χ4n) is 12.3. The first-order valence-electron chi connectivity index (χ1n) is 30.4. The lowest BCUT2D eigenvalue weighted by Crippen LogP contribution is -2.18. The minimum Gasteiger partial charge on any atom is -0.460 e. The Hall–Kier alpha value is -6.58. The van der Waals surface area contributed by atoms with Gasteiger partial charge in [-0.15, -0.1) is 0 Å². The van der Waals surface area contributed by atoms with Crippen molar-refractivity contribution in [2.24, 2.45) is 0 Å². The van der Waals surface area contributed by atoms with E-state index in [-0.39, 0.29) is 32.5 Å². The largest absolute Gasteiger partial charge is 0.460 e. The van der Waals surface area contributed by atoms with E-state index in [1.807, 2.05) is 12.1 Å². The molecule has 0 aliphatic heterocycles. The SMILES string of the molecule is Cc1c(C(C)(C)C)oc2ccccc12.Cc1cc(C(C)(C)C)c(C)c2c1-c1cccc3cccc-2c13.Cc1cc(C(C)(C)C)cc(C(C)(C)C)c1C.Cc1cc2oc(C(C)(C)C)c(C)c2cc1C.Cc1ccc2oc(C(C)(C)C)c(C)c2c1. The maximum Gasteiger partial charge on any atom is 0.134 e. The summed E-state index contributed by atoms with van der Waals surface area (Å²) < 4.78 is 17.8. The second-order valence-corrected chi connectivity index (χ2v) is 30.4. The molecule has 0 N–H and O–H groups in total. The van der Waals surface area contributed by atoms with Gasteiger partial charge in [0.2, 0.25) is 0 Å². The number of aryl methyl sites for hydroxylation is 8. The fraction of sp³-hybridized carbons (Fsp3) is 0.425. The molecule has 3 aromatic heterocycles. The van der Waals surface area contributed by atoms with Gasteiger partial charge in [-0.25, -0.2) is 0 Å². The molecule has 0 amide bonds. The molecule has 1 aliphatic carbocycles. The highest BCUT2D eigenvalue weighted by Gasteiger charge is 2.30. The average molecular weight is 1110 g/mol. The first-order valence-corrected chi connectivity index (χ1v) is 30.4. The molecular formula is C80H102O3. The molecule has 3 heterocycles. The summed E-state index contributed by atoms with van der Waals surface area (Å²) in [6, 6.07) is 39.5. The molecule has 7 aromatic carbocycles. The number of hydrogen-bond acceptors (Lipinski definition) is 3. The number of benzene rings is 7. The van der Waals surface area contributed by atoms with Gasteiger partial charge in [0.15, 0.2) is 0 Å². The van der Waals surface area contributed by atoms with Gasteiger partial charge in [-0.2, -0.15) is 0 Å². The summed E-state index contributed by atoms with van der Waals surface area (Å²) in [5.74, 6) is 3.30. The molecular weight excluding hydrogens is 1010 g/mol. The van der Waals surface area contributed by atoms with E-state index in [9.17, 15) is 0 Å². The summed E-state index contributed by atoms with van der Waals surface area (Å²) in [6.45, 7) is 62.2. The van der Waals surface area contributed by atoms with Gasteiger partial charge in [0.1, 0.15) is 34.0 Å². The maximum atomic E-state index is 6.00. The molecule has 0 spiro atoms. The molecule has 0 saturated heterocycles. The van der Waals surface area contributed by atoms with Crippen LogP contribution in [-0.2, 0) is 32.5 Å². The van der Waals surface area contributed by atoms with Crippen LogP contribution in [-0.4, -0.2) is 0 Å². The highest BCUT2D eigenvalue weighted by atomic mass is 16.3. The maximum absolute atomic E-state index is 6.00. The molecule has 440 valence electrons. The second kappa shape index (κ2) is 23.1. The zero-order valence-electron chi connectivity index (χ0n) is 56.6. The Morgan fingerprint density at radius 1 is 0.289 bits per heavy atom. The smallest absolute Gasteiger partial charge is 0.134 e. The van der Waals surface area contributed by atoms with Crippen LogP contribution in [0.3, 0.4) is 0 Å². The van der Waals surface area contributed by atoms with Crippen LogP contribution < -0.4 is 0 Å². The van der Waals surface area contributed by atoms with Crippen LogP contribution in [0.4, 0.5) is 0 Å². The summed E-state index contributed by atoms with van der Waals surface area (Å²) in [6.07, 6.45) is 0. The quantitative estimate of drug-likeness (QED) is 0.152. The van der Waals surface area contributed by atoms with Crippen LogP contribution in [0.2, 0.25) is 0 Å². The molecule has 11 rings (SSSR count). The van der Waals surface area contributed by atoms with Gasteiger partial charge in [0, 0.05) is 32.4 Å². The van der Waals surface area contributed by atoms with Crippen LogP contribution in [0.5, 0.6) is 0 Å². The fourth-order valence-corrected chi connectivity index (χ4v) is 12.3. The first kappa shape index (κ1) is 64.0. The standard InChI is InChI=1S/C22H22.C16H26.C15H20O.C14H18O.C13H16O/c1-13-12-18(22(3,4)5)14(2)20-17-11-7-9-15-8-6-10-16(19(13)20)21(15)17;1-11-9-13(15(3,4)5)10-14(12(11)2)16(6,7)8;1-9-7-12-11(3)14(15(4,5)6)16-13(12)8-10(9)2;1-9-6-7-12-11(8-9)10(2)13(15-12)14(3,4)5;1-9-10-7-5-6-8-11(10)14-12(9)13(2,3)4/h6-12H,1-5H3;9-10H,1-8H3;7-8H,1-6H3;6-8H,1-5H3;5-8H,1-4H3. The number of hydrogen-bond donors (Lipinski definition) is 0. The lowest BCUT2D eigenvalue weighted by atomic mass is 9.77. The third-order valence-corrected chi connectivity index (χ3v) is 16.9. The Labute approximate surface area is 501 Å². The zero-order chi connectivity index (χ0) is 62.0. The van der Waals surface area contributed by atoms with Crippen molar-refractivity contribution in [1.29, 1.82) is 0 Å². The van der Waals surface area contributed by atoms with Gasteiger partial charge in [-0.1, -0.05) is 209 Å². The summed E-state index contributed by atoms with van der Waals surface area (Å²) in [7, 11) is 0. The Morgan fingerprint density at radius 2 is 0.735 bits per heavy atom. The van der Waals surface area contributed by atoms with E-state index >= 15 is 0 Å². The molecule has 0 unspecified atom stereocenters. The van der Waals surface area contributed by atoms with Crippen LogP contribution in [0, 0.1) is 69.2 Å². The van der Waals surface area contributed by atoms with Crippen molar-refractivity contribution in [1.82, 2.24) is 0 Å². The van der Waals surface area contributed by atoms with E-state index < -0.39 is 0 Å². The van der Waals surface area contributed by atoms with Gasteiger partial charge in [-0.05, 0) is 216 Å². The summed E-state index contributed by atoms with van der Waals surface area (Å²) >= 11 is 0. The van der Waals surface area contributed by atoms with Crippen molar-refractivity contribution in [3.63, 3.8) is 0 Å². The van der Waals surface area contributed by atoms with Crippen molar-refractivity contribution in [2.75, 3.05) is 0 Å². The van der Waals surface area contributed by atoms with E-state index in [1.54, 1.807) is 0 Å². The van der Waals surface area contributed by atoms with Crippen LogP contribution >= 0.6 is 0 Å². The minimum absolute atomic E-state index is 0.0743. The Morgan fingerprint density at radius 3 is 1.23 bits per heavy atom. The molecule has 3 heteroatoms. The third kappa shape index (κ3) is 13.5. The van der Waals surface area contributed by atoms with Crippen molar-refractivity contribution in [3.8, 4) is 22.3 Å². The van der Waals surface area contributed by atoms with Crippen LogP contribution in [0.25, 0.3) is 65.9 Å². The number of para-hydroxylation sites is 1. The van der Waals surface area contributed by atoms with E-state index in [0.717, 1.165) is 34.0 Å². The van der Waals surface area contributed by atoms with Gasteiger partial charge < -0.3 is 13.3 Å². The van der Waals surface area contributed by atoms with E-state index in [1.165, 1.54) is 122 Å². The number of furan rings is 3. The van der Waals surface area contributed by atoms with Crippen LogP contribution in [0.15, 0.2) is 122 Å². The number of fused-ring (bicyclic) bond motifs is 6. The Balaban J connectivity index is 0.000000151. The Kier molecular flexibility index (Phi) is 17.8. The van der Waals surface area contributed by atoms with E-state index in [4.69, 9.17) is 13.3 Å². The van der Waals surface area contributed by atoms with Gasteiger partial charge >= 0.3 is 0 Å².